The summed E-state index contributed by atoms with van der Waals surface area (Å²) in [5.74, 6) is 1.93. The van der Waals surface area contributed by atoms with Crippen molar-refractivity contribution in [2.24, 2.45) is 0 Å². The molecule has 0 atom stereocenters. The topological polar surface area (TPSA) is 85.4 Å². The zero-order chi connectivity index (χ0) is 17.5. The maximum atomic E-state index is 12.1. The van der Waals surface area contributed by atoms with Crippen molar-refractivity contribution in [1.82, 2.24) is 15.3 Å². The van der Waals surface area contributed by atoms with Gasteiger partial charge in [0.1, 0.15) is 17.8 Å². The van der Waals surface area contributed by atoms with E-state index in [0.717, 1.165) is 36.3 Å². The quantitative estimate of drug-likeness (QED) is 0.718. The fourth-order valence-corrected chi connectivity index (χ4v) is 2.49. The summed E-state index contributed by atoms with van der Waals surface area (Å²) in [5, 5.41) is 6.07. The number of ether oxygens (including phenoxy) is 2. The fraction of sp³-hybridized carbons (Fsp3) is 0.389. The maximum Gasteiger partial charge on any atom is 0.270 e. The van der Waals surface area contributed by atoms with Crippen molar-refractivity contribution in [3.05, 3.63) is 41.9 Å². The summed E-state index contributed by atoms with van der Waals surface area (Å²) in [4.78, 5) is 20.3. The predicted molar refractivity (Wildman–Crippen MR) is 93.8 cm³/mol. The van der Waals surface area contributed by atoms with Crippen molar-refractivity contribution >= 4 is 11.7 Å². The molecule has 1 aliphatic heterocycles. The summed E-state index contributed by atoms with van der Waals surface area (Å²) >= 11 is 0. The van der Waals surface area contributed by atoms with Crippen molar-refractivity contribution in [2.75, 3.05) is 18.7 Å². The lowest BCUT2D eigenvalue weighted by Gasteiger charge is -2.08. The van der Waals surface area contributed by atoms with Crippen LogP contribution < -0.4 is 20.1 Å². The zero-order valence-electron chi connectivity index (χ0n) is 14.2. The number of carbonyl (C=O) groups is 1. The van der Waals surface area contributed by atoms with Gasteiger partial charge in [-0.1, -0.05) is 25.8 Å². The molecule has 2 heterocycles. The molecule has 0 saturated heterocycles. The molecule has 25 heavy (non-hydrogen) atoms. The molecule has 1 aliphatic rings. The summed E-state index contributed by atoms with van der Waals surface area (Å²) in [7, 11) is 0. The number of hydrogen-bond donors (Lipinski definition) is 2. The Kier molecular flexibility index (Phi) is 5.66. The summed E-state index contributed by atoms with van der Waals surface area (Å²) < 4.78 is 10.7. The first-order chi connectivity index (χ1) is 12.3. The number of anilines is 1. The minimum atomic E-state index is -0.176. The molecule has 1 amide bonds. The molecule has 0 bridgehead atoms. The van der Waals surface area contributed by atoms with Crippen molar-refractivity contribution in [3.63, 3.8) is 0 Å². The minimum absolute atomic E-state index is 0.176. The van der Waals surface area contributed by atoms with Crippen LogP contribution in [-0.2, 0) is 6.54 Å². The molecule has 0 radical (unpaired) electrons. The third-order valence-corrected chi connectivity index (χ3v) is 3.88. The first kappa shape index (κ1) is 17.0. The second-order valence-electron chi connectivity index (χ2n) is 5.79. The highest BCUT2D eigenvalue weighted by Crippen LogP contribution is 2.32. The fourth-order valence-electron chi connectivity index (χ4n) is 2.49. The van der Waals surface area contributed by atoms with E-state index in [4.69, 9.17) is 9.47 Å². The van der Waals surface area contributed by atoms with Gasteiger partial charge in [0, 0.05) is 19.2 Å². The molecular weight excluding hydrogens is 320 g/mol. The lowest BCUT2D eigenvalue weighted by Crippen LogP contribution is -2.25. The Morgan fingerprint density at radius 2 is 2.04 bits per heavy atom. The van der Waals surface area contributed by atoms with Gasteiger partial charge >= 0.3 is 0 Å². The third-order valence-electron chi connectivity index (χ3n) is 3.88. The molecule has 0 fully saturated rings. The molecule has 2 N–H and O–H groups in total. The number of hydrogen-bond acceptors (Lipinski definition) is 6. The van der Waals surface area contributed by atoms with Crippen LogP contribution in [0.3, 0.4) is 0 Å². The first-order valence-corrected chi connectivity index (χ1v) is 8.49. The van der Waals surface area contributed by atoms with Gasteiger partial charge in [0.2, 0.25) is 6.79 Å². The molecule has 7 heteroatoms. The summed E-state index contributed by atoms with van der Waals surface area (Å²) in [6.07, 6.45) is 4.59. The van der Waals surface area contributed by atoms with Crippen LogP contribution in [0.1, 0.15) is 42.2 Å². The average Bonchev–Trinajstić information content (AvgIpc) is 3.11. The molecular formula is C18H22N4O3. The monoisotopic (exact) mass is 342 g/mol. The van der Waals surface area contributed by atoms with E-state index in [9.17, 15) is 4.79 Å². The van der Waals surface area contributed by atoms with Gasteiger partial charge in [-0.3, -0.25) is 4.79 Å². The molecule has 0 saturated carbocycles. The SMILES string of the molecule is CCCCCNC(=O)c1cc(NCc2ccc3c(c2)OCO3)ncn1. The number of carbonyl (C=O) groups excluding carboxylic acids is 1. The molecule has 7 nitrogen and oxygen atoms in total. The minimum Gasteiger partial charge on any atom is -0.454 e. The highest BCUT2D eigenvalue weighted by Gasteiger charge is 2.13. The van der Waals surface area contributed by atoms with Crippen LogP contribution in [0.25, 0.3) is 0 Å². The van der Waals surface area contributed by atoms with Gasteiger partial charge in [-0.15, -0.1) is 0 Å². The second kappa shape index (κ2) is 8.32. The standard InChI is InChI=1S/C18H22N4O3/c1-2-3-4-7-19-18(23)14-9-17(22-11-21-14)20-10-13-5-6-15-16(8-13)25-12-24-15/h5-6,8-9,11H,2-4,7,10,12H2,1H3,(H,19,23)(H,20,21,22). The van der Waals surface area contributed by atoms with Crippen LogP contribution >= 0.6 is 0 Å². The van der Waals surface area contributed by atoms with Gasteiger partial charge in [-0.2, -0.15) is 0 Å². The molecule has 3 rings (SSSR count). The van der Waals surface area contributed by atoms with Crippen molar-refractivity contribution in [2.45, 2.75) is 32.7 Å². The highest BCUT2D eigenvalue weighted by molar-refractivity contribution is 5.92. The Morgan fingerprint density at radius 3 is 2.92 bits per heavy atom. The van der Waals surface area contributed by atoms with E-state index < -0.39 is 0 Å². The second-order valence-corrected chi connectivity index (χ2v) is 5.79. The van der Waals surface area contributed by atoms with E-state index in [1.807, 2.05) is 18.2 Å². The van der Waals surface area contributed by atoms with Crippen molar-refractivity contribution in [3.8, 4) is 11.5 Å². The lowest BCUT2D eigenvalue weighted by molar-refractivity contribution is 0.0948. The van der Waals surface area contributed by atoms with E-state index in [0.29, 0.717) is 24.6 Å². The maximum absolute atomic E-state index is 12.1. The zero-order valence-corrected chi connectivity index (χ0v) is 14.2. The Hall–Kier alpha value is -2.83. The van der Waals surface area contributed by atoms with Gasteiger partial charge in [0.15, 0.2) is 11.5 Å². The number of nitrogens with zero attached hydrogens (tertiary/aromatic N) is 2. The number of benzene rings is 1. The van der Waals surface area contributed by atoms with E-state index in [2.05, 4.69) is 27.5 Å². The lowest BCUT2D eigenvalue weighted by atomic mass is 10.2. The van der Waals surface area contributed by atoms with Gasteiger partial charge < -0.3 is 20.1 Å². The van der Waals surface area contributed by atoms with Crippen LogP contribution in [-0.4, -0.2) is 29.2 Å². The summed E-state index contributed by atoms with van der Waals surface area (Å²) in [6.45, 7) is 3.61. The summed E-state index contributed by atoms with van der Waals surface area (Å²) in [6, 6.07) is 7.43. The number of rotatable bonds is 8. The molecule has 1 aromatic heterocycles. The van der Waals surface area contributed by atoms with Gasteiger partial charge in [-0.25, -0.2) is 9.97 Å². The summed E-state index contributed by atoms with van der Waals surface area (Å²) in [5.41, 5.74) is 1.40. The molecule has 0 spiro atoms. The van der Waals surface area contributed by atoms with Crippen LogP contribution in [0.15, 0.2) is 30.6 Å². The van der Waals surface area contributed by atoms with Crippen molar-refractivity contribution in [1.29, 1.82) is 0 Å². The molecule has 0 aliphatic carbocycles. The number of nitrogens with one attached hydrogen (secondary N) is 2. The van der Waals surface area contributed by atoms with E-state index in [1.54, 1.807) is 6.07 Å². The number of aromatic nitrogens is 2. The Balaban J connectivity index is 1.55. The Bertz CT molecular complexity index is 736. The van der Waals surface area contributed by atoms with E-state index in [1.165, 1.54) is 6.33 Å². The van der Waals surface area contributed by atoms with Crippen LogP contribution in [0, 0.1) is 0 Å². The Labute approximate surface area is 146 Å². The van der Waals surface area contributed by atoms with E-state index in [-0.39, 0.29) is 12.7 Å². The first-order valence-electron chi connectivity index (χ1n) is 8.49. The number of unbranched alkanes of at least 4 members (excludes halogenated alkanes) is 2. The normalized spacial score (nSPS) is 12.0. The van der Waals surface area contributed by atoms with E-state index >= 15 is 0 Å². The van der Waals surface area contributed by atoms with Crippen molar-refractivity contribution < 1.29 is 14.3 Å². The third kappa shape index (κ3) is 4.59. The highest BCUT2D eigenvalue weighted by atomic mass is 16.7. The smallest absolute Gasteiger partial charge is 0.270 e. The van der Waals surface area contributed by atoms with Gasteiger partial charge in [0.05, 0.1) is 0 Å². The number of amides is 1. The molecule has 2 aromatic rings. The molecule has 1 aromatic carbocycles. The largest absolute Gasteiger partial charge is 0.454 e. The van der Waals surface area contributed by atoms with Gasteiger partial charge in [0.25, 0.3) is 5.91 Å². The van der Waals surface area contributed by atoms with Gasteiger partial charge in [-0.05, 0) is 24.1 Å². The molecule has 0 unspecified atom stereocenters. The van der Waals surface area contributed by atoms with Crippen LogP contribution in [0.2, 0.25) is 0 Å². The molecule has 132 valence electrons. The van der Waals surface area contributed by atoms with Crippen LogP contribution in [0.5, 0.6) is 11.5 Å². The Morgan fingerprint density at radius 1 is 1.16 bits per heavy atom. The average molecular weight is 342 g/mol. The van der Waals surface area contributed by atoms with Crippen LogP contribution in [0.4, 0.5) is 5.82 Å². The predicted octanol–water partition coefficient (Wildman–Crippen LogP) is 2.74. The number of fused-ring (bicyclic) bond motifs is 1.